The molecule has 1 saturated carbocycles. The standard InChI is InChI=1S/C20H22FN5/c21-15-10-22-9-8-16(15)24-19-3-1-2-17(25-19)18-11-23-20-7-6-14(12-26(18)20)13-4-5-13/h1-3,6-7,11-13,15-16,22H,4-5,8-10H2,(H,24,25). The lowest BCUT2D eigenvalue weighted by molar-refractivity contribution is 0.244. The maximum absolute atomic E-state index is 14.1. The van der Waals surface area contributed by atoms with Gasteiger partial charge in [0, 0.05) is 12.7 Å². The van der Waals surface area contributed by atoms with Crippen molar-refractivity contribution in [3.05, 3.63) is 48.3 Å². The normalized spacial score (nSPS) is 23.3. The van der Waals surface area contributed by atoms with E-state index in [0.29, 0.717) is 18.3 Å². The van der Waals surface area contributed by atoms with Crippen LogP contribution >= 0.6 is 0 Å². The van der Waals surface area contributed by atoms with Gasteiger partial charge in [0.1, 0.15) is 17.6 Å². The first kappa shape index (κ1) is 15.8. The summed E-state index contributed by atoms with van der Waals surface area (Å²) in [5, 5.41) is 6.34. The van der Waals surface area contributed by atoms with E-state index in [9.17, 15) is 4.39 Å². The average molecular weight is 351 g/mol. The molecule has 2 atom stereocenters. The molecule has 0 amide bonds. The molecular formula is C20H22FN5. The van der Waals surface area contributed by atoms with E-state index in [2.05, 4.69) is 38.3 Å². The minimum absolute atomic E-state index is 0.192. The SMILES string of the molecule is FC1CNCCC1Nc1cccc(-c2cnc3ccc(C4CC4)cn23)n1. The second-order valence-electron chi connectivity index (χ2n) is 7.28. The molecule has 0 bridgehead atoms. The van der Waals surface area contributed by atoms with Gasteiger partial charge in [-0.2, -0.15) is 0 Å². The first-order valence-electron chi connectivity index (χ1n) is 9.34. The fraction of sp³-hybridized carbons (Fsp3) is 0.400. The van der Waals surface area contributed by atoms with Gasteiger partial charge in [0.2, 0.25) is 0 Å². The third kappa shape index (κ3) is 2.94. The van der Waals surface area contributed by atoms with E-state index in [1.165, 1.54) is 18.4 Å². The van der Waals surface area contributed by atoms with Crippen LogP contribution in [0.5, 0.6) is 0 Å². The summed E-state index contributed by atoms with van der Waals surface area (Å²) in [6.07, 6.45) is 6.45. The van der Waals surface area contributed by atoms with Crippen molar-refractivity contribution in [2.45, 2.75) is 37.4 Å². The summed E-state index contributed by atoms with van der Waals surface area (Å²) in [6.45, 7) is 1.23. The summed E-state index contributed by atoms with van der Waals surface area (Å²) in [6, 6.07) is 9.89. The first-order valence-corrected chi connectivity index (χ1v) is 9.34. The van der Waals surface area contributed by atoms with Gasteiger partial charge in [0.15, 0.2) is 0 Å². The fourth-order valence-electron chi connectivity index (χ4n) is 3.68. The van der Waals surface area contributed by atoms with Crippen LogP contribution in [0.3, 0.4) is 0 Å². The van der Waals surface area contributed by atoms with Crippen LogP contribution in [-0.2, 0) is 0 Å². The third-order valence-corrected chi connectivity index (χ3v) is 5.33. The molecular weight excluding hydrogens is 329 g/mol. The summed E-state index contributed by atoms with van der Waals surface area (Å²) < 4.78 is 16.2. The Bertz CT molecular complexity index is 933. The molecule has 4 heterocycles. The first-order chi connectivity index (χ1) is 12.8. The molecule has 26 heavy (non-hydrogen) atoms. The molecule has 0 spiro atoms. The van der Waals surface area contributed by atoms with Gasteiger partial charge in [-0.05, 0) is 55.5 Å². The fourth-order valence-corrected chi connectivity index (χ4v) is 3.68. The molecule has 3 aromatic heterocycles. The Kier molecular flexibility index (Phi) is 3.85. The van der Waals surface area contributed by atoms with Crippen molar-refractivity contribution in [2.24, 2.45) is 0 Å². The van der Waals surface area contributed by atoms with E-state index >= 15 is 0 Å². The van der Waals surface area contributed by atoms with Crippen LogP contribution < -0.4 is 10.6 Å². The number of hydrogen-bond acceptors (Lipinski definition) is 4. The van der Waals surface area contributed by atoms with E-state index < -0.39 is 6.17 Å². The van der Waals surface area contributed by atoms with Crippen LogP contribution in [0.2, 0.25) is 0 Å². The topological polar surface area (TPSA) is 54.2 Å². The molecule has 0 radical (unpaired) electrons. The highest BCUT2D eigenvalue weighted by atomic mass is 19.1. The molecule has 3 aromatic rings. The number of nitrogens with one attached hydrogen (secondary N) is 2. The number of aromatic nitrogens is 3. The van der Waals surface area contributed by atoms with Crippen LogP contribution in [0.15, 0.2) is 42.7 Å². The molecule has 5 rings (SSSR count). The summed E-state index contributed by atoms with van der Waals surface area (Å²) in [5.74, 6) is 1.40. The molecule has 1 saturated heterocycles. The Balaban J connectivity index is 1.46. The molecule has 6 heteroatoms. The molecule has 1 aliphatic heterocycles. The van der Waals surface area contributed by atoms with Crippen molar-refractivity contribution in [3.63, 3.8) is 0 Å². The van der Waals surface area contributed by atoms with Crippen LogP contribution in [0.25, 0.3) is 17.0 Å². The van der Waals surface area contributed by atoms with Crippen molar-refractivity contribution >= 4 is 11.5 Å². The predicted molar refractivity (Wildman–Crippen MR) is 100 cm³/mol. The van der Waals surface area contributed by atoms with E-state index in [-0.39, 0.29) is 6.04 Å². The van der Waals surface area contributed by atoms with Gasteiger partial charge in [-0.3, -0.25) is 4.40 Å². The molecule has 0 aromatic carbocycles. The minimum Gasteiger partial charge on any atom is -0.364 e. The van der Waals surface area contributed by atoms with Gasteiger partial charge in [-0.25, -0.2) is 14.4 Å². The quantitative estimate of drug-likeness (QED) is 0.757. The third-order valence-electron chi connectivity index (χ3n) is 5.33. The maximum Gasteiger partial charge on any atom is 0.137 e. The number of halogens is 1. The van der Waals surface area contributed by atoms with Crippen molar-refractivity contribution in [3.8, 4) is 11.4 Å². The monoisotopic (exact) mass is 351 g/mol. The zero-order valence-corrected chi connectivity index (χ0v) is 14.5. The Morgan fingerprint density at radius 1 is 1.15 bits per heavy atom. The van der Waals surface area contributed by atoms with Crippen LogP contribution in [0.1, 0.15) is 30.7 Å². The second kappa shape index (κ2) is 6.36. The number of nitrogens with zero attached hydrogens (tertiary/aromatic N) is 3. The molecule has 2 N–H and O–H groups in total. The maximum atomic E-state index is 14.1. The van der Waals surface area contributed by atoms with E-state index in [1.54, 1.807) is 0 Å². The summed E-state index contributed by atoms with van der Waals surface area (Å²) in [7, 11) is 0. The van der Waals surface area contributed by atoms with Crippen molar-refractivity contribution < 1.29 is 4.39 Å². The number of hydrogen-bond donors (Lipinski definition) is 2. The van der Waals surface area contributed by atoms with E-state index in [1.807, 2.05) is 24.4 Å². The zero-order valence-electron chi connectivity index (χ0n) is 14.5. The Hall–Kier alpha value is -2.47. The van der Waals surface area contributed by atoms with Crippen molar-refractivity contribution in [1.29, 1.82) is 0 Å². The summed E-state index contributed by atoms with van der Waals surface area (Å²) in [5.41, 5.74) is 4.10. The number of rotatable bonds is 4. The van der Waals surface area contributed by atoms with Gasteiger partial charge in [-0.1, -0.05) is 12.1 Å². The molecule has 2 unspecified atom stereocenters. The number of imidazole rings is 1. The molecule has 5 nitrogen and oxygen atoms in total. The smallest absolute Gasteiger partial charge is 0.137 e. The highest BCUT2D eigenvalue weighted by molar-refractivity contribution is 5.62. The second-order valence-corrected chi connectivity index (χ2v) is 7.28. The van der Waals surface area contributed by atoms with Crippen LogP contribution in [0.4, 0.5) is 10.2 Å². The molecule has 2 aliphatic rings. The number of pyridine rings is 2. The zero-order chi connectivity index (χ0) is 17.5. The van der Waals surface area contributed by atoms with E-state index in [4.69, 9.17) is 4.98 Å². The lowest BCUT2D eigenvalue weighted by Gasteiger charge is -2.27. The van der Waals surface area contributed by atoms with Gasteiger partial charge in [0.05, 0.1) is 23.6 Å². The number of anilines is 1. The average Bonchev–Trinajstić information content (AvgIpc) is 3.43. The number of alkyl halides is 1. The highest BCUT2D eigenvalue weighted by Gasteiger charge is 2.25. The Morgan fingerprint density at radius 2 is 2.08 bits per heavy atom. The molecule has 134 valence electrons. The molecule has 1 aliphatic carbocycles. The van der Waals surface area contributed by atoms with Crippen molar-refractivity contribution in [1.82, 2.24) is 19.7 Å². The molecule has 2 fully saturated rings. The summed E-state index contributed by atoms with van der Waals surface area (Å²) in [4.78, 5) is 9.23. The predicted octanol–water partition coefficient (Wildman–Crippen LogP) is 3.39. The van der Waals surface area contributed by atoms with Gasteiger partial charge in [-0.15, -0.1) is 0 Å². The number of fused-ring (bicyclic) bond motifs is 1. The van der Waals surface area contributed by atoms with Gasteiger partial charge < -0.3 is 10.6 Å². The lowest BCUT2D eigenvalue weighted by atomic mass is 10.1. The van der Waals surface area contributed by atoms with E-state index in [0.717, 1.165) is 30.0 Å². The lowest BCUT2D eigenvalue weighted by Crippen LogP contribution is -2.45. The van der Waals surface area contributed by atoms with Crippen LogP contribution in [-0.4, -0.2) is 39.7 Å². The number of piperidine rings is 1. The highest BCUT2D eigenvalue weighted by Crippen LogP contribution is 2.40. The minimum atomic E-state index is -0.897. The largest absolute Gasteiger partial charge is 0.364 e. The Labute approximate surface area is 151 Å². The summed E-state index contributed by atoms with van der Waals surface area (Å²) >= 11 is 0. The van der Waals surface area contributed by atoms with Gasteiger partial charge >= 0.3 is 0 Å². The van der Waals surface area contributed by atoms with Gasteiger partial charge in [0.25, 0.3) is 0 Å². The van der Waals surface area contributed by atoms with Crippen LogP contribution in [0, 0.1) is 0 Å². The van der Waals surface area contributed by atoms with Crippen molar-refractivity contribution in [2.75, 3.05) is 18.4 Å². The Morgan fingerprint density at radius 3 is 2.92 bits per heavy atom.